The van der Waals surface area contributed by atoms with Gasteiger partial charge in [-0.15, -0.1) is 0 Å². The van der Waals surface area contributed by atoms with Crippen molar-refractivity contribution in [3.63, 3.8) is 0 Å². The van der Waals surface area contributed by atoms with Crippen molar-refractivity contribution < 1.29 is 9.59 Å². The average Bonchev–Trinajstić information content (AvgIpc) is 2.65. The third-order valence-corrected chi connectivity index (χ3v) is 4.98. The molecule has 1 aliphatic rings. The van der Waals surface area contributed by atoms with E-state index in [1.54, 1.807) is 23.1 Å². The Hall–Kier alpha value is -2.37. The third kappa shape index (κ3) is 5.55. The first kappa shape index (κ1) is 19.4. The number of halogens is 1. The highest BCUT2D eigenvalue weighted by atomic mass is 35.5. The lowest BCUT2D eigenvalue weighted by Crippen LogP contribution is -2.48. The quantitative estimate of drug-likeness (QED) is 0.803. The van der Waals surface area contributed by atoms with Crippen molar-refractivity contribution >= 4 is 29.1 Å². The molecule has 2 aromatic rings. The summed E-state index contributed by atoms with van der Waals surface area (Å²) in [5.74, 6) is -0.421. The van der Waals surface area contributed by atoms with Gasteiger partial charge in [0.05, 0.1) is 0 Å². The fraction of sp³-hybridized carbons (Fsp3) is 0.333. The molecule has 0 atom stereocenters. The summed E-state index contributed by atoms with van der Waals surface area (Å²) >= 11 is 5.92. The average molecular weight is 386 g/mol. The van der Waals surface area contributed by atoms with Crippen LogP contribution in [-0.4, -0.2) is 47.8 Å². The second-order valence-electron chi connectivity index (χ2n) is 6.83. The highest BCUT2D eigenvalue weighted by Gasteiger charge is 2.23. The smallest absolute Gasteiger partial charge is 0.233 e. The van der Waals surface area contributed by atoms with Crippen LogP contribution in [0.4, 0.5) is 5.69 Å². The molecule has 1 saturated heterocycles. The van der Waals surface area contributed by atoms with E-state index in [0.717, 1.165) is 25.2 Å². The summed E-state index contributed by atoms with van der Waals surface area (Å²) in [6.45, 7) is 5.70. The van der Waals surface area contributed by atoms with Crippen LogP contribution in [0.25, 0.3) is 0 Å². The first-order valence-corrected chi connectivity index (χ1v) is 9.49. The van der Waals surface area contributed by atoms with Gasteiger partial charge in [-0.2, -0.15) is 0 Å². The Morgan fingerprint density at radius 2 is 1.74 bits per heavy atom. The van der Waals surface area contributed by atoms with Gasteiger partial charge in [-0.1, -0.05) is 41.9 Å². The van der Waals surface area contributed by atoms with Crippen LogP contribution in [0.1, 0.15) is 17.5 Å². The number of benzene rings is 2. The molecule has 2 aromatic carbocycles. The van der Waals surface area contributed by atoms with Crippen molar-refractivity contribution in [1.29, 1.82) is 0 Å². The van der Waals surface area contributed by atoms with Gasteiger partial charge in [0, 0.05) is 43.4 Å². The molecule has 0 bridgehead atoms. The number of nitrogens with one attached hydrogen (secondary N) is 1. The zero-order valence-corrected chi connectivity index (χ0v) is 16.2. The van der Waals surface area contributed by atoms with Crippen LogP contribution in [0.2, 0.25) is 5.02 Å². The molecule has 1 heterocycles. The van der Waals surface area contributed by atoms with Crippen LogP contribution in [-0.2, 0) is 16.1 Å². The molecule has 0 aromatic heterocycles. The van der Waals surface area contributed by atoms with Crippen LogP contribution in [0.3, 0.4) is 0 Å². The molecule has 0 radical (unpaired) electrons. The first-order chi connectivity index (χ1) is 13.0. The molecule has 27 heavy (non-hydrogen) atoms. The van der Waals surface area contributed by atoms with Crippen molar-refractivity contribution in [3.05, 3.63) is 64.7 Å². The molecule has 1 N–H and O–H groups in total. The lowest BCUT2D eigenvalue weighted by atomic mass is 10.2. The monoisotopic (exact) mass is 385 g/mol. The van der Waals surface area contributed by atoms with Crippen LogP contribution in [0.5, 0.6) is 0 Å². The number of rotatable bonds is 5. The predicted molar refractivity (Wildman–Crippen MR) is 108 cm³/mol. The molecule has 0 saturated carbocycles. The zero-order chi connectivity index (χ0) is 19.2. The Balaban J connectivity index is 1.45. The van der Waals surface area contributed by atoms with Crippen molar-refractivity contribution in [2.75, 3.05) is 31.5 Å². The molecule has 5 nitrogen and oxygen atoms in total. The molecule has 2 amide bonds. The zero-order valence-electron chi connectivity index (χ0n) is 15.5. The summed E-state index contributed by atoms with van der Waals surface area (Å²) < 4.78 is 0. The van der Waals surface area contributed by atoms with E-state index >= 15 is 0 Å². The molecular formula is C21H24ClN3O2. The van der Waals surface area contributed by atoms with Crippen molar-refractivity contribution in [2.24, 2.45) is 0 Å². The molecular weight excluding hydrogens is 362 g/mol. The number of amides is 2. The summed E-state index contributed by atoms with van der Waals surface area (Å²) in [5, 5.41) is 3.41. The second kappa shape index (κ2) is 9.02. The SMILES string of the molecule is Cc1cc(Cl)ccc1NC(=O)CC(=O)N1CCN(Cc2ccccc2)CC1. The van der Waals surface area contributed by atoms with Crippen molar-refractivity contribution in [2.45, 2.75) is 19.9 Å². The van der Waals surface area contributed by atoms with Gasteiger partial charge >= 0.3 is 0 Å². The van der Waals surface area contributed by atoms with E-state index in [9.17, 15) is 9.59 Å². The van der Waals surface area contributed by atoms with E-state index in [1.807, 2.05) is 25.1 Å². The lowest BCUT2D eigenvalue weighted by molar-refractivity contribution is -0.136. The summed E-state index contributed by atoms with van der Waals surface area (Å²) in [6, 6.07) is 15.6. The van der Waals surface area contributed by atoms with Crippen LogP contribution < -0.4 is 5.32 Å². The molecule has 142 valence electrons. The Kier molecular flexibility index (Phi) is 6.48. The fourth-order valence-corrected chi connectivity index (χ4v) is 3.43. The van der Waals surface area contributed by atoms with Crippen molar-refractivity contribution in [3.8, 4) is 0 Å². The summed E-state index contributed by atoms with van der Waals surface area (Å²) in [4.78, 5) is 28.7. The Morgan fingerprint density at radius 1 is 1.04 bits per heavy atom. The summed E-state index contributed by atoms with van der Waals surface area (Å²) in [7, 11) is 0. The molecule has 6 heteroatoms. The normalized spacial score (nSPS) is 14.8. The number of carbonyl (C=O) groups excluding carboxylic acids is 2. The summed E-state index contributed by atoms with van der Waals surface area (Å²) in [5.41, 5.74) is 2.83. The maximum absolute atomic E-state index is 12.4. The molecule has 3 rings (SSSR count). The van der Waals surface area contributed by atoms with E-state index in [1.165, 1.54) is 5.56 Å². The van der Waals surface area contributed by atoms with E-state index in [4.69, 9.17) is 11.6 Å². The third-order valence-electron chi connectivity index (χ3n) is 4.75. The number of nitrogens with zero attached hydrogens (tertiary/aromatic N) is 2. The minimum absolute atomic E-state index is 0.126. The summed E-state index contributed by atoms with van der Waals surface area (Å²) in [6.07, 6.45) is -0.138. The van der Waals surface area contributed by atoms with E-state index < -0.39 is 0 Å². The minimum atomic E-state index is -0.294. The molecule has 1 aliphatic heterocycles. The van der Waals surface area contributed by atoms with Crippen molar-refractivity contribution in [1.82, 2.24) is 9.80 Å². The van der Waals surface area contributed by atoms with E-state index in [2.05, 4.69) is 22.3 Å². The topological polar surface area (TPSA) is 52.7 Å². The van der Waals surface area contributed by atoms with E-state index in [-0.39, 0.29) is 18.2 Å². The predicted octanol–water partition coefficient (Wildman–Crippen LogP) is 3.32. The molecule has 1 fully saturated rings. The lowest BCUT2D eigenvalue weighted by Gasteiger charge is -2.34. The highest BCUT2D eigenvalue weighted by Crippen LogP contribution is 2.20. The number of hydrogen-bond donors (Lipinski definition) is 1. The highest BCUT2D eigenvalue weighted by molar-refractivity contribution is 6.30. The van der Waals surface area contributed by atoms with Crippen LogP contribution in [0.15, 0.2) is 48.5 Å². The number of aryl methyl sites for hydroxylation is 1. The number of hydrogen-bond acceptors (Lipinski definition) is 3. The van der Waals surface area contributed by atoms with E-state index in [0.29, 0.717) is 23.8 Å². The van der Waals surface area contributed by atoms with Gasteiger partial charge in [0.1, 0.15) is 6.42 Å². The second-order valence-corrected chi connectivity index (χ2v) is 7.26. The van der Waals surface area contributed by atoms with Crippen LogP contribution >= 0.6 is 11.6 Å². The largest absolute Gasteiger partial charge is 0.340 e. The van der Waals surface area contributed by atoms with Gasteiger partial charge < -0.3 is 10.2 Å². The molecule has 0 aliphatic carbocycles. The van der Waals surface area contributed by atoms with Gasteiger partial charge in [0.25, 0.3) is 0 Å². The number of carbonyl (C=O) groups is 2. The standard InChI is InChI=1S/C21H24ClN3O2/c1-16-13-18(22)7-8-19(16)23-20(26)14-21(27)25-11-9-24(10-12-25)15-17-5-3-2-4-6-17/h2-8,13H,9-12,14-15H2,1H3,(H,23,26). The van der Waals surface area contributed by atoms with Crippen LogP contribution in [0, 0.1) is 6.92 Å². The Bertz CT molecular complexity index is 802. The molecule has 0 spiro atoms. The Morgan fingerprint density at radius 3 is 2.41 bits per heavy atom. The van der Waals surface area contributed by atoms with Gasteiger partial charge in [-0.25, -0.2) is 0 Å². The fourth-order valence-electron chi connectivity index (χ4n) is 3.21. The minimum Gasteiger partial charge on any atom is -0.340 e. The first-order valence-electron chi connectivity index (χ1n) is 9.11. The maximum Gasteiger partial charge on any atom is 0.233 e. The van der Waals surface area contributed by atoms with Gasteiger partial charge in [-0.3, -0.25) is 14.5 Å². The number of piperazine rings is 1. The maximum atomic E-state index is 12.4. The number of anilines is 1. The Labute approximate surface area is 164 Å². The van der Waals surface area contributed by atoms with Gasteiger partial charge in [-0.05, 0) is 36.2 Å². The molecule has 0 unspecified atom stereocenters. The van der Waals surface area contributed by atoms with Gasteiger partial charge in [0.15, 0.2) is 0 Å². The van der Waals surface area contributed by atoms with Gasteiger partial charge in [0.2, 0.25) is 11.8 Å².